The number of nitrogens with zero attached hydrogens (tertiary/aromatic N) is 4. The van der Waals surface area contributed by atoms with Gasteiger partial charge in [-0.25, -0.2) is 0 Å². The standard InChI is InChI=1S/C24H25ClN4O3S/c1-4-5-8-13-33-24-26-22-21(27-28-24)17-9-6-7-10-19(17)29(15(2)30)23(32-22)18-14-16(25)11-12-20(18)31-3/h6-7,9-12,14,23H,4-5,8,13H2,1-3H3. The lowest BCUT2D eigenvalue weighted by molar-refractivity contribution is -0.118. The van der Waals surface area contributed by atoms with E-state index in [2.05, 4.69) is 22.1 Å². The summed E-state index contributed by atoms with van der Waals surface area (Å²) in [4.78, 5) is 19.2. The number of carbonyl (C=O) groups excluding carboxylic acids is 1. The molecule has 0 spiro atoms. The van der Waals surface area contributed by atoms with Gasteiger partial charge in [0.05, 0.1) is 18.4 Å². The van der Waals surface area contributed by atoms with Crippen LogP contribution >= 0.6 is 23.4 Å². The van der Waals surface area contributed by atoms with Gasteiger partial charge in [0.25, 0.3) is 0 Å². The highest BCUT2D eigenvalue weighted by molar-refractivity contribution is 7.99. The number of unbranched alkanes of at least 4 members (excludes halogenated alkanes) is 2. The third-order valence-corrected chi connectivity index (χ3v) is 6.45. The summed E-state index contributed by atoms with van der Waals surface area (Å²) in [6.45, 7) is 3.66. The van der Waals surface area contributed by atoms with E-state index in [0.717, 1.165) is 25.0 Å². The van der Waals surface area contributed by atoms with E-state index in [4.69, 9.17) is 21.1 Å². The molecule has 7 nitrogen and oxygen atoms in total. The number of amides is 1. The number of aromatic nitrogens is 3. The molecule has 1 aliphatic rings. The molecule has 0 bridgehead atoms. The molecule has 3 aromatic rings. The molecule has 1 aromatic heterocycles. The first-order valence-electron chi connectivity index (χ1n) is 10.8. The monoisotopic (exact) mass is 484 g/mol. The van der Waals surface area contributed by atoms with Gasteiger partial charge in [0.15, 0.2) is 5.69 Å². The molecule has 172 valence electrons. The SMILES string of the molecule is CCCCCSc1nnc2c(n1)OC(c1cc(Cl)ccc1OC)N(C(C)=O)c1ccccc1-2. The van der Waals surface area contributed by atoms with Crippen molar-refractivity contribution < 1.29 is 14.3 Å². The molecular formula is C24H25ClN4O3S. The predicted octanol–water partition coefficient (Wildman–Crippen LogP) is 5.93. The van der Waals surface area contributed by atoms with Crippen LogP contribution in [0, 0.1) is 0 Å². The topological polar surface area (TPSA) is 77.4 Å². The van der Waals surface area contributed by atoms with Crippen molar-refractivity contribution in [1.82, 2.24) is 15.2 Å². The first-order chi connectivity index (χ1) is 16.0. The highest BCUT2D eigenvalue weighted by atomic mass is 35.5. The second-order valence-corrected chi connectivity index (χ2v) is 9.06. The van der Waals surface area contributed by atoms with Crippen molar-refractivity contribution in [2.24, 2.45) is 0 Å². The molecule has 0 radical (unpaired) electrons. The molecule has 0 aliphatic carbocycles. The Labute approximate surface area is 202 Å². The van der Waals surface area contributed by atoms with Gasteiger partial charge in [0, 0.05) is 23.3 Å². The van der Waals surface area contributed by atoms with E-state index in [1.807, 2.05) is 24.3 Å². The molecule has 2 heterocycles. The van der Waals surface area contributed by atoms with Crippen molar-refractivity contribution in [2.45, 2.75) is 44.5 Å². The maximum absolute atomic E-state index is 12.9. The summed E-state index contributed by atoms with van der Waals surface area (Å²) in [7, 11) is 1.57. The molecule has 0 fully saturated rings. The molecule has 1 aliphatic heterocycles. The number of para-hydroxylation sites is 1. The number of benzene rings is 2. The minimum Gasteiger partial charge on any atom is -0.496 e. The number of halogens is 1. The van der Waals surface area contributed by atoms with Crippen LogP contribution in [-0.2, 0) is 4.79 Å². The Morgan fingerprint density at radius 3 is 2.79 bits per heavy atom. The maximum atomic E-state index is 12.9. The third kappa shape index (κ3) is 4.91. The summed E-state index contributed by atoms with van der Waals surface area (Å²) < 4.78 is 12.0. The van der Waals surface area contributed by atoms with Crippen molar-refractivity contribution in [3.8, 4) is 22.9 Å². The van der Waals surface area contributed by atoms with Crippen LogP contribution in [0.2, 0.25) is 5.02 Å². The first-order valence-corrected chi connectivity index (χ1v) is 12.2. The van der Waals surface area contributed by atoms with Gasteiger partial charge in [0.2, 0.25) is 23.2 Å². The van der Waals surface area contributed by atoms with Gasteiger partial charge in [-0.2, -0.15) is 4.98 Å². The van der Waals surface area contributed by atoms with E-state index >= 15 is 0 Å². The zero-order chi connectivity index (χ0) is 23.4. The van der Waals surface area contributed by atoms with E-state index in [1.165, 1.54) is 6.92 Å². The molecule has 0 saturated heterocycles. The minimum atomic E-state index is -0.854. The fourth-order valence-corrected chi connectivity index (χ4v) is 4.69. The van der Waals surface area contributed by atoms with Crippen LogP contribution in [0.15, 0.2) is 47.6 Å². The van der Waals surface area contributed by atoms with Crippen LogP contribution in [0.4, 0.5) is 5.69 Å². The summed E-state index contributed by atoms with van der Waals surface area (Å²) in [5.41, 5.74) is 2.46. The van der Waals surface area contributed by atoms with Crippen LogP contribution in [0.5, 0.6) is 11.6 Å². The lowest BCUT2D eigenvalue weighted by Crippen LogP contribution is -2.36. The second kappa shape index (κ2) is 10.4. The summed E-state index contributed by atoms with van der Waals surface area (Å²) >= 11 is 7.86. The van der Waals surface area contributed by atoms with Crippen molar-refractivity contribution >= 4 is 35.0 Å². The van der Waals surface area contributed by atoms with Gasteiger partial charge in [-0.15, -0.1) is 10.2 Å². The molecule has 0 saturated carbocycles. The molecule has 0 N–H and O–H groups in total. The zero-order valence-electron chi connectivity index (χ0n) is 18.7. The number of hydrogen-bond acceptors (Lipinski definition) is 7. The minimum absolute atomic E-state index is 0.204. The van der Waals surface area contributed by atoms with Crippen LogP contribution < -0.4 is 14.4 Å². The van der Waals surface area contributed by atoms with Crippen LogP contribution in [0.25, 0.3) is 11.3 Å². The van der Waals surface area contributed by atoms with E-state index in [0.29, 0.717) is 44.3 Å². The van der Waals surface area contributed by atoms with Gasteiger partial charge in [0.1, 0.15) is 5.75 Å². The Hall–Kier alpha value is -2.84. The van der Waals surface area contributed by atoms with E-state index in [-0.39, 0.29) is 5.91 Å². The number of ether oxygens (including phenoxy) is 2. The zero-order valence-corrected chi connectivity index (χ0v) is 20.3. The number of fused-ring (bicyclic) bond motifs is 3. The predicted molar refractivity (Wildman–Crippen MR) is 130 cm³/mol. The molecule has 33 heavy (non-hydrogen) atoms. The third-order valence-electron chi connectivity index (χ3n) is 5.29. The Kier molecular flexibility index (Phi) is 7.35. The highest BCUT2D eigenvalue weighted by Gasteiger charge is 2.36. The number of thioether (sulfide) groups is 1. The van der Waals surface area contributed by atoms with E-state index in [1.54, 1.807) is 42.0 Å². The summed E-state index contributed by atoms with van der Waals surface area (Å²) in [6.07, 6.45) is 2.52. The molecule has 1 unspecified atom stereocenters. The Bertz CT molecular complexity index is 1160. The summed E-state index contributed by atoms with van der Waals surface area (Å²) in [5, 5.41) is 9.81. The fourth-order valence-electron chi connectivity index (χ4n) is 3.73. The molecule has 1 amide bonds. The number of hydrogen-bond donors (Lipinski definition) is 0. The van der Waals surface area contributed by atoms with Crippen LogP contribution in [-0.4, -0.2) is 34.0 Å². The van der Waals surface area contributed by atoms with Gasteiger partial charge in [-0.1, -0.05) is 61.3 Å². The Morgan fingerprint density at radius 1 is 1.21 bits per heavy atom. The van der Waals surface area contributed by atoms with Crippen molar-refractivity contribution in [3.05, 3.63) is 53.1 Å². The molecule has 2 aromatic carbocycles. The van der Waals surface area contributed by atoms with Crippen LogP contribution in [0.1, 0.15) is 44.9 Å². The van der Waals surface area contributed by atoms with Crippen molar-refractivity contribution in [2.75, 3.05) is 17.8 Å². The average Bonchev–Trinajstić information content (AvgIpc) is 2.96. The van der Waals surface area contributed by atoms with Gasteiger partial charge in [-0.3, -0.25) is 9.69 Å². The van der Waals surface area contributed by atoms with Crippen LogP contribution in [0.3, 0.4) is 0 Å². The molecule has 4 rings (SSSR count). The van der Waals surface area contributed by atoms with Gasteiger partial charge >= 0.3 is 0 Å². The number of carbonyl (C=O) groups is 1. The number of rotatable bonds is 7. The molecule has 1 atom stereocenters. The normalized spacial score (nSPS) is 14.7. The average molecular weight is 485 g/mol. The fraction of sp³-hybridized carbons (Fsp3) is 0.333. The Morgan fingerprint density at radius 2 is 2.03 bits per heavy atom. The largest absolute Gasteiger partial charge is 0.496 e. The first kappa shape index (κ1) is 23.3. The van der Waals surface area contributed by atoms with Gasteiger partial charge in [-0.05, 0) is 30.7 Å². The second-order valence-electron chi connectivity index (χ2n) is 7.57. The summed E-state index contributed by atoms with van der Waals surface area (Å²) in [6, 6.07) is 12.7. The molecule has 9 heteroatoms. The maximum Gasteiger partial charge on any atom is 0.247 e. The smallest absolute Gasteiger partial charge is 0.247 e. The Balaban J connectivity index is 1.85. The van der Waals surface area contributed by atoms with Crippen molar-refractivity contribution in [3.63, 3.8) is 0 Å². The lowest BCUT2D eigenvalue weighted by Gasteiger charge is -2.30. The van der Waals surface area contributed by atoms with E-state index in [9.17, 15) is 4.79 Å². The number of methoxy groups -OCH3 is 1. The van der Waals surface area contributed by atoms with E-state index < -0.39 is 6.23 Å². The molecular weight excluding hydrogens is 460 g/mol. The lowest BCUT2D eigenvalue weighted by atomic mass is 10.1. The quantitative estimate of drug-likeness (QED) is 0.304. The van der Waals surface area contributed by atoms with Crippen molar-refractivity contribution in [1.29, 1.82) is 0 Å². The summed E-state index contributed by atoms with van der Waals surface area (Å²) in [5.74, 6) is 1.55. The van der Waals surface area contributed by atoms with Gasteiger partial charge < -0.3 is 9.47 Å². The highest BCUT2D eigenvalue weighted by Crippen LogP contribution is 2.45. The number of anilines is 1.